The summed E-state index contributed by atoms with van der Waals surface area (Å²) in [4.78, 5) is 12.3. The van der Waals surface area contributed by atoms with Gasteiger partial charge >= 0.3 is 0 Å². The first-order chi connectivity index (χ1) is 10.6. The van der Waals surface area contributed by atoms with Gasteiger partial charge in [-0.05, 0) is 75.0 Å². The van der Waals surface area contributed by atoms with Crippen molar-refractivity contribution in [2.45, 2.75) is 96.9 Å². The Labute approximate surface area is 136 Å². The zero-order valence-electron chi connectivity index (χ0n) is 14.7. The van der Waals surface area contributed by atoms with Gasteiger partial charge in [-0.2, -0.15) is 0 Å². The van der Waals surface area contributed by atoms with Gasteiger partial charge in [0.2, 0.25) is 5.91 Å². The van der Waals surface area contributed by atoms with E-state index in [1.54, 1.807) is 0 Å². The van der Waals surface area contributed by atoms with Crippen molar-refractivity contribution in [1.29, 1.82) is 0 Å². The molecule has 1 amide bonds. The van der Waals surface area contributed by atoms with Crippen LogP contribution in [0.3, 0.4) is 0 Å². The lowest BCUT2D eigenvalue weighted by Crippen LogP contribution is -2.55. The van der Waals surface area contributed by atoms with Gasteiger partial charge in [0.15, 0.2) is 0 Å². The highest BCUT2D eigenvalue weighted by molar-refractivity contribution is 5.76. The molecule has 1 N–H and O–H groups in total. The van der Waals surface area contributed by atoms with Gasteiger partial charge in [0.25, 0.3) is 0 Å². The molecule has 0 aliphatic heterocycles. The maximum Gasteiger partial charge on any atom is 0.220 e. The molecule has 4 fully saturated rings. The van der Waals surface area contributed by atoms with E-state index in [0.29, 0.717) is 17.4 Å². The summed E-state index contributed by atoms with van der Waals surface area (Å²) in [5.74, 6) is 3.22. The predicted octanol–water partition coefficient (Wildman–Crippen LogP) is 5.07. The molecule has 0 aromatic rings. The van der Waals surface area contributed by atoms with Gasteiger partial charge in [0.1, 0.15) is 0 Å². The molecular formula is C20H35NO. The van der Waals surface area contributed by atoms with Crippen LogP contribution in [0.15, 0.2) is 0 Å². The summed E-state index contributed by atoms with van der Waals surface area (Å²) in [7, 11) is 0. The van der Waals surface area contributed by atoms with Crippen molar-refractivity contribution in [3.63, 3.8) is 0 Å². The molecule has 22 heavy (non-hydrogen) atoms. The Morgan fingerprint density at radius 1 is 1.00 bits per heavy atom. The molecule has 4 bridgehead atoms. The van der Waals surface area contributed by atoms with Crippen LogP contribution < -0.4 is 5.32 Å². The second-order valence-corrected chi connectivity index (χ2v) is 8.73. The van der Waals surface area contributed by atoms with Gasteiger partial charge in [0.05, 0.1) is 0 Å². The van der Waals surface area contributed by atoms with E-state index in [1.165, 1.54) is 64.2 Å². The molecule has 0 aromatic carbocycles. The molecule has 0 heterocycles. The summed E-state index contributed by atoms with van der Waals surface area (Å²) >= 11 is 0. The normalized spacial score (nSPS) is 37.3. The molecule has 2 nitrogen and oxygen atoms in total. The average molecular weight is 306 g/mol. The number of hydrogen-bond acceptors (Lipinski definition) is 1. The topological polar surface area (TPSA) is 29.1 Å². The van der Waals surface area contributed by atoms with E-state index in [9.17, 15) is 4.79 Å². The second kappa shape index (κ2) is 6.93. The summed E-state index contributed by atoms with van der Waals surface area (Å²) in [6.45, 7) is 4.53. The summed E-state index contributed by atoms with van der Waals surface area (Å²) in [6, 6.07) is 0.393. The molecule has 4 saturated carbocycles. The summed E-state index contributed by atoms with van der Waals surface area (Å²) < 4.78 is 0. The van der Waals surface area contributed by atoms with Crippen LogP contribution in [0.5, 0.6) is 0 Å². The van der Waals surface area contributed by atoms with Gasteiger partial charge < -0.3 is 5.32 Å². The largest absolute Gasteiger partial charge is 0.353 e. The van der Waals surface area contributed by atoms with Crippen LogP contribution in [-0.2, 0) is 4.79 Å². The van der Waals surface area contributed by atoms with E-state index in [0.717, 1.165) is 30.6 Å². The Kier molecular flexibility index (Phi) is 5.14. The molecule has 4 rings (SSSR count). The molecular weight excluding hydrogens is 270 g/mol. The monoisotopic (exact) mass is 305 g/mol. The average Bonchev–Trinajstić information content (AvgIpc) is 2.45. The third-order valence-electron chi connectivity index (χ3n) is 6.89. The SMILES string of the molecule is CCCCCCCC(=O)N[C@@H](C)C12CC3CC(CC(C3)C1)C2. The van der Waals surface area contributed by atoms with Crippen LogP contribution in [-0.4, -0.2) is 11.9 Å². The minimum absolute atomic E-state index is 0.305. The van der Waals surface area contributed by atoms with Crippen molar-refractivity contribution in [3.05, 3.63) is 0 Å². The summed E-state index contributed by atoms with van der Waals surface area (Å²) in [5, 5.41) is 3.39. The highest BCUT2D eigenvalue weighted by atomic mass is 16.1. The standard InChI is InChI=1S/C20H35NO/c1-3-4-5-6-7-8-19(22)21-15(2)20-12-16-9-17(13-20)11-18(10-16)14-20/h15-18H,3-14H2,1-2H3,(H,21,22)/t15-,16?,17?,18?,20?/m0/s1. The maximum atomic E-state index is 12.3. The number of hydrogen-bond donors (Lipinski definition) is 1. The molecule has 1 atom stereocenters. The zero-order valence-corrected chi connectivity index (χ0v) is 14.7. The van der Waals surface area contributed by atoms with Crippen LogP contribution in [0.4, 0.5) is 0 Å². The molecule has 2 heteroatoms. The van der Waals surface area contributed by atoms with E-state index in [1.807, 2.05) is 0 Å². The lowest BCUT2D eigenvalue weighted by molar-refractivity contribution is -0.126. The predicted molar refractivity (Wildman–Crippen MR) is 91.6 cm³/mol. The number of unbranched alkanes of at least 4 members (excludes halogenated alkanes) is 4. The fourth-order valence-electron chi connectivity index (χ4n) is 6.06. The number of rotatable bonds is 8. The quantitative estimate of drug-likeness (QED) is 0.623. The van der Waals surface area contributed by atoms with Crippen molar-refractivity contribution >= 4 is 5.91 Å². The van der Waals surface area contributed by atoms with E-state index in [4.69, 9.17) is 0 Å². The maximum absolute atomic E-state index is 12.3. The first-order valence-electron chi connectivity index (χ1n) is 9.90. The van der Waals surface area contributed by atoms with Crippen LogP contribution in [0.1, 0.15) is 90.9 Å². The fraction of sp³-hybridized carbons (Fsp3) is 0.950. The molecule has 0 saturated heterocycles. The van der Waals surface area contributed by atoms with Crippen molar-refractivity contribution in [2.75, 3.05) is 0 Å². The van der Waals surface area contributed by atoms with Gasteiger partial charge in [0, 0.05) is 12.5 Å². The number of nitrogens with one attached hydrogen (secondary N) is 1. The Bertz CT molecular complexity index is 354. The highest BCUT2D eigenvalue weighted by Crippen LogP contribution is 2.61. The van der Waals surface area contributed by atoms with E-state index >= 15 is 0 Å². The third kappa shape index (κ3) is 3.51. The minimum atomic E-state index is 0.305. The van der Waals surface area contributed by atoms with Gasteiger partial charge in [-0.15, -0.1) is 0 Å². The summed E-state index contributed by atoms with van der Waals surface area (Å²) in [6.07, 6.45) is 15.5. The van der Waals surface area contributed by atoms with E-state index < -0.39 is 0 Å². The first kappa shape index (κ1) is 16.3. The number of carbonyl (C=O) groups excluding carboxylic acids is 1. The molecule has 4 aliphatic rings. The van der Waals surface area contributed by atoms with Gasteiger partial charge in [-0.3, -0.25) is 4.79 Å². The lowest BCUT2D eigenvalue weighted by atomic mass is 9.48. The van der Waals surface area contributed by atoms with Crippen LogP contribution in [0.2, 0.25) is 0 Å². The van der Waals surface area contributed by atoms with Gasteiger partial charge in [-0.25, -0.2) is 0 Å². The van der Waals surface area contributed by atoms with Crippen molar-refractivity contribution in [3.8, 4) is 0 Å². The smallest absolute Gasteiger partial charge is 0.220 e. The van der Waals surface area contributed by atoms with Crippen molar-refractivity contribution in [1.82, 2.24) is 5.32 Å². The molecule has 0 spiro atoms. The summed E-state index contributed by atoms with van der Waals surface area (Å²) in [5.41, 5.74) is 0.451. The first-order valence-corrected chi connectivity index (χ1v) is 9.90. The lowest BCUT2D eigenvalue weighted by Gasteiger charge is -2.59. The minimum Gasteiger partial charge on any atom is -0.353 e. The van der Waals surface area contributed by atoms with Crippen LogP contribution in [0, 0.1) is 23.2 Å². The second-order valence-electron chi connectivity index (χ2n) is 8.73. The Morgan fingerprint density at radius 2 is 1.55 bits per heavy atom. The Hall–Kier alpha value is -0.530. The molecule has 126 valence electrons. The molecule has 4 aliphatic carbocycles. The fourth-order valence-corrected chi connectivity index (χ4v) is 6.06. The molecule has 0 aromatic heterocycles. The van der Waals surface area contributed by atoms with Gasteiger partial charge in [-0.1, -0.05) is 32.6 Å². The Balaban J connectivity index is 1.45. The third-order valence-corrected chi connectivity index (χ3v) is 6.89. The van der Waals surface area contributed by atoms with Crippen molar-refractivity contribution in [2.24, 2.45) is 23.2 Å². The highest BCUT2D eigenvalue weighted by Gasteiger charge is 2.53. The molecule has 0 unspecified atom stereocenters. The van der Waals surface area contributed by atoms with E-state index in [-0.39, 0.29) is 0 Å². The van der Waals surface area contributed by atoms with Crippen LogP contribution in [0.25, 0.3) is 0 Å². The van der Waals surface area contributed by atoms with Crippen LogP contribution >= 0.6 is 0 Å². The van der Waals surface area contributed by atoms with E-state index in [2.05, 4.69) is 19.2 Å². The molecule has 0 radical (unpaired) electrons. The Morgan fingerprint density at radius 3 is 2.09 bits per heavy atom. The van der Waals surface area contributed by atoms with Crippen molar-refractivity contribution < 1.29 is 4.79 Å². The number of amides is 1. The zero-order chi connectivity index (χ0) is 15.6. The number of carbonyl (C=O) groups is 1.